The Labute approximate surface area is 130 Å². The van der Waals surface area contributed by atoms with Gasteiger partial charge < -0.3 is 4.90 Å². The molecule has 0 N–H and O–H groups in total. The maximum atomic E-state index is 12.7. The summed E-state index contributed by atoms with van der Waals surface area (Å²) >= 11 is 1.69. The quantitative estimate of drug-likeness (QED) is 0.796. The molecular weight excluding hydrogens is 311 g/mol. The minimum Gasteiger partial charge on any atom is -0.355 e. The molecule has 0 aromatic carbocycles. The van der Waals surface area contributed by atoms with Crippen LogP contribution in [0.4, 0.5) is 19.0 Å². The van der Waals surface area contributed by atoms with Gasteiger partial charge in [0.15, 0.2) is 0 Å². The van der Waals surface area contributed by atoms with Crippen LogP contribution >= 0.6 is 11.3 Å². The highest BCUT2D eigenvalue weighted by Crippen LogP contribution is 2.43. The van der Waals surface area contributed by atoms with Gasteiger partial charge in [-0.3, -0.25) is 0 Å². The van der Waals surface area contributed by atoms with Gasteiger partial charge in [0.05, 0.1) is 11.3 Å². The molecule has 0 radical (unpaired) electrons. The van der Waals surface area contributed by atoms with Gasteiger partial charge in [-0.1, -0.05) is 0 Å². The van der Waals surface area contributed by atoms with E-state index in [-0.39, 0.29) is 13.1 Å². The Bertz CT molecular complexity index is 732. The first-order valence-electron chi connectivity index (χ1n) is 7.54. The summed E-state index contributed by atoms with van der Waals surface area (Å²) in [4.78, 5) is 13.0. The topological polar surface area (TPSA) is 29.0 Å². The zero-order chi connectivity index (χ0) is 15.5. The van der Waals surface area contributed by atoms with Gasteiger partial charge in [0.25, 0.3) is 0 Å². The van der Waals surface area contributed by atoms with Crippen LogP contribution in [-0.4, -0.2) is 29.2 Å². The number of anilines is 1. The fraction of sp³-hybridized carbons (Fsp3) is 0.600. The number of aryl methyl sites for hydroxylation is 3. The largest absolute Gasteiger partial charge is 0.395 e. The number of alkyl halides is 3. The van der Waals surface area contributed by atoms with Crippen LogP contribution < -0.4 is 4.90 Å². The molecule has 0 bridgehead atoms. The number of hydrogen-bond acceptors (Lipinski definition) is 4. The highest BCUT2D eigenvalue weighted by molar-refractivity contribution is 7.19. The van der Waals surface area contributed by atoms with E-state index in [9.17, 15) is 13.2 Å². The predicted octanol–water partition coefficient (Wildman–Crippen LogP) is 3.88. The maximum Gasteiger partial charge on any atom is 0.395 e. The minimum absolute atomic E-state index is 0.0136. The van der Waals surface area contributed by atoms with Gasteiger partial charge in [-0.15, -0.1) is 11.3 Å². The van der Waals surface area contributed by atoms with Gasteiger partial charge in [-0.25, -0.2) is 9.97 Å². The van der Waals surface area contributed by atoms with E-state index in [2.05, 4.69) is 9.97 Å². The molecule has 0 spiro atoms. The first kappa shape index (κ1) is 14.2. The molecule has 1 aliphatic carbocycles. The van der Waals surface area contributed by atoms with E-state index >= 15 is 0 Å². The van der Waals surface area contributed by atoms with E-state index in [0.717, 1.165) is 29.5 Å². The van der Waals surface area contributed by atoms with Crippen molar-refractivity contribution < 1.29 is 13.2 Å². The Morgan fingerprint density at radius 3 is 2.59 bits per heavy atom. The molecule has 2 aromatic rings. The summed E-state index contributed by atoms with van der Waals surface area (Å²) in [5, 5.41) is 1.01. The summed E-state index contributed by atoms with van der Waals surface area (Å²) in [6.45, 7) is 1.84. The Hall–Kier alpha value is -1.37. The van der Waals surface area contributed by atoms with E-state index in [4.69, 9.17) is 0 Å². The predicted molar refractivity (Wildman–Crippen MR) is 80.6 cm³/mol. The lowest BCUT2D eigenvalue weighted by molar-refractivity contribution is -0.180. The highest BCUT2D eigenvalue weighted by atomic mass is 32.1. The second-order valence-electron chi connectivity index (χ2n) is 6.13. The number of thiophene rings is 1. The summed E-state index contributed by atoms with van der Waals surface area (Å²) in [7, 11) is 0. The fourth-order valence-electron chi connectivity index (χ4n) is 3.33. The molecule has 0 unspecified atom stereocenters. The average molecular weight is 327 g/mol. The average Bonchev–Trinajstić information content (AvgIpc) is 2.72. The van der Waals surface area contributed by atoms with Crippen LogP contribution in [0.2, 0.25) is 0 Å². The van der Waals surface area contributed by atoms with Crippen LogP contribution in [0.5, 0.6) is 0 Å². The molecule has 3 heterocycles. The Morgan fingerprint density at radius 1 is 1.14 bits per heavy atom. The van der Waals surface area contributed by atoms with Crippen LogP contribution in [0.25, 0.3) is 10.2 Å². The SMILES string of the molecule is Cc1nc(N2CC(C(F)(F)F)C2)c2c3c(sc2n1)CCCC3. The zero-order valence-corrected chi connectivity index (χ0v) is 13.0. The third kappa shape index (κ3) is 2.17. The number of halogens is 3. The Morgan fingerprint density at radius 2 is 1.86 bits per heavy atom. The van der Waals surface area contributed by atoms with Crippen molar-refractivity contribution in [3.8, 4) is 0 Å². The summed E-state index contributed by atoms with van der Waals surface area (Å²) in [6, 6.07) is 0. The van der Waals surface area contributed by atoms with Crippen LogP contribution in [0.3, 0.4) is 0 Å². The third-order valence-electron chi connectivity index (χ3n) is 4.55. The summed E-state index contributed by atoms with van der Waals surface area (Å²) in [5.74, 6) is 0.117. The van der Waals surface area contributed by atoms with E-state index in [1.54, 1.807) is 16.2 Å². The van der Waals surface area contributed by atoms with Crippen LogP contribution in [-0.2, 0) is 12.8 Å². The number of nitrogens with zero attached hydrogens (tertiary/aromatic N) is 3. The smallest absolute Gasteiger partial charge is 0.355 e. The highest BCUT2D eigenvalue weighted by Gasteiger charge is 2.48. The zero-order valence-electron chi connectivity index (χ0n) is 12.2. The van der Waals surface area contributed by atoms with Crippen LogP contribution in [0.15, 0.2) is 0 Å². The number of fused-ring (bicyclic) bond motifs is 3. The Balaban J connectivity index is 1.76. The molecular formula is C15H16F3N3S. The van der Waals surface area contributed by atoms with E-state index in [1.165, 1.54) is 16.9 Å². The van der Waals surface area contributed by atoms with Crippen molar-refractivity contribution in [1.82, 2.24) is 9.97 Å². The van der Waals surface area contributed by atoms with Crippen molar-refractivity contribution in [2.75, 3.05) is 18.0 Å². The monoisotopic (exact) mass is 327 g/mol. The first-order chi connectivity index (χ1) is 10.4. The van der Waals surface area contributed by atoms with Crippen LogP contribution in [0.1, 0.15) is 29.1 Å². The standard InChI is InChI=1S/C15H16F3N3S/c1-8-19-13(21-6-9(7-21)15(16,17)18)12-10-4-2-3-5-11(10)22-14(12)20-8/h9H,2-7H2,1H3. The Kier molecular flexibility index (Phi) is 3.11. The first-order valence-corrected chi connectivity index (χ1v) is 8.35. The van der Waals surface area contributed by atoms with Gasteiger partial charge in [0.1, 0.15) is 16.5 Å². The van der Waals surface area contributed by atoms with Crippen molar-refractivity contribution in [3.63, 3.8) is 0 Å². The second-order valence-corrected chi connectivity index (χ2v) is 7.21. The van der Waals surface area contributed by atoms with Gasteiger partial charge in [-0.05, 0) is 38.2 Å². The molecule has 2 aromatic heterocycles. The minimum atomic E-state index is -4.11. The number of rotatable bonds is 1. The lowest BCUT2D eigenvalue weighted by atomic mass is 9.95. The van der Waals surface area contributed by atoms with Gasteiger partial charge in [0, 0.05) is 18.0 Å². The van der Waals surface area contributed by atoms with Gasteiger partial charge >= 0.3 is 6.18 Å². The molecule has 118 valence electrons. The van der Waals surface area contributed by atoms with E-state index in [0.29, 0.717) is 11.6 Å². The van der Waals surface area contributed by atoms with Crippen LogP contribution in [0, 0.1) is 12.8 Å². The number of hydrogen-bond donors (Lipinski definition) is 0. The molecule has 3 nitrogen and oxygen atoms in total. The summed E-state index contributed by atoms with van der Waals surface area (Å²) in [5.41, 5.74) is 1.27. The molecule has 0 saturated carbocycles. The molecule has 7 heteroatoms. The van der Waals surface area contributed by atoms with Gasteiger partial charge in [0.2, 0.25) is 0 Å². The molecule has 2 aliphatic rings. The lowest BCUT2D eigenvalue weighted by Crippen LogP contribution is -2.53. The van der Waals surface area contributed by atoms with Gasteiger partial charge in [-0.2, -0.15) is 13.2 Å². The molecule has 1 saturated heterocycles. The molecule has 0 atom stereocenters. The van der Waals surface area contributed by atoms with Crippen molar-refractivity contribution in [3.05, 3.63) is 16.3 Å². The molecule has 22 heavy (non-hydrogen) atoms. The summed E-state index contributed by atoms with van der Waals surface area (Å²) < 4.78 is 38.2. The van der Waals surface area contributed by atoms with Crippen molar-refractivity contribution in [2.24, 2.45) is 5.92 Å². The van der Waals surface area contributed by atoms with Crippen molar-refractivity contribution in [1.29, 1.82) is 0 Å². The fourth-order valence-corrected chi connectivity index (χ4v) is 4.63. The molecule has 0 amide bonds. The molecule has 4 rings (SSSR count). The number of aromatic nitrogens is 2. The summed E-state index contributed by atoms with van der Waals surface area (Å²) in [6.07, 6.45) is 0.260. The molecule has 1 fully saturated rings. The van der Waals surface area contributed by atoms with E-state index in [1.807, 2.05) is 6.92 Å². The van der Waals surface area contributed by atoms with Crippen molar-refractivity contribution >= 4 is 27.4 Å². The van der Waals surface area contributed by atoms with Crippen molar-refractivity contribution in [2.45, 2.75) is 38.8 Å². The van der Waals surface area contributed by atoms with E-state index < -0.39 is 12.1 Å². The third-order valence-corrected chi connectivity index (χ3v) is 5.74. The second kappa shape index (κ2) is 4.81. The maximum absolute atomic E-state index is 12.7. The lowest BCUT2D eigenvalue weighted by Gasteiger charge is -2.41. The normalized spacial score (nSPS) is 19.4. The molecule has 1 aliphatic heterocycles.